The second kappa shape index (κ2) is 6.02. The highest BCUT2D eigenvalue weighted by Crippen LogP contribution is 2.23. The van der Waals surface area contributed by atoms with Crippen molar-refractivity contribution in [1.82, 2.24) is 0 Å². The number of anilines is 4. The summed E-state index contributed by atoms with van der Waals surface area (Å²) in [6.45, 7) is 2.68. The number of nitrogens with one attached hydrogen (secondary N) is 1. The van der Waals surface area contributed by atoms with Gasteiger partial charge in [-0.25, -0.2) is 0 Å². The number of hydrogen-bond acceptors (Lipinski definition) is 4. The second-order valence-corrected chi connectivity index (χ2v) is 4.69. The summed E-state index contributed by atoms with van der Waals surface area (Å²) in [5, 5.41) is 3.28. The highest BCUT2D eigenvalue weighted by atomic mass is 14.9. The molecule has 0 amide bonds. The van der Waals surface area contributed by atoms with Gasteiger partial charge in [-0.15, -0.1) is 0 Å². The van der Waals surface area contributed by atoms with E-state index in [0.717, 1.165) is 33.9 Å². The van der Waals surface area contributed by atoms with Crippen LogP contribution in [0.2, 0.25) is 0 Å². The van der Waals surface area contributed by atoms with E-state index in [1.165, 1.54) is 0 Å². The molecule has 2 rings (SSSR count). The van der Waals surface area contributed by atoms with Crippen molar-refractivity contribution < 1.29 is 0 Å². The molecule has 2 aromatic rings. The Hall–Kier alpha value is -2.62. The van der Waals surface area contributed by atoms with Gasteiger partial charge < -0.3 is 22.5 Å². The van der Waals surface area contributed by atoms with Crippen LogP contribution >= 0.6 is 0 Å². The van der Waals surface area contributed by atoms with E-state index in [9.17, 15) is 0 Å². The van der Waals surface area contributed by atoms with Gasteiger partial charge in [-0.3, -0.25) is 0 Å². The highest BCUT2D eigenvalue weighted by Gasteiger charge is 2.02. The van der Waals surface area contributed by atoms with Crippen molar-refractivity contribution in [2.45, 2.75) is 6.92 Å². The Bertz CT molecular complexity index is 615. The van der Waals surface area contributed by atoms with E-state index < -0.39 is 0 Å². The lowest BCUT2D eigenvalue weighted by molar-refractivity contribution is 1.34. The predicted octanol–water partition coefficient (Wildman–Crippen LogP) is 2.87. The van der Waals surface area contributed by atoms with E-state index in [2.05, 4.69) is 5.32 Å². The summed E-state index contributed by atoms with van der Waals surface area (Å²) < 4.78 is 0. The Morgan fingerprint density at radius 3 is 2.30 bits per heavy atom. The summed E-state index contributed by atoms with van der Waals surface area (Å²) in [4.78, 5) is 0. The van der Waals surface area contributed by atoms with Crippen molar-refractivity contribution in [2.75, 3.05) is 29.1 Å². The topological polar surface area (TPSA) is 90.1 Å². The zero-order chi connectivity index (χ0) is 14.5. The molecule has 0 aliphatic rings. The molecule has 0 bridgehead atoms. The summed E-state index contributed by atoms with van der Waals surface area (Å²) in [7, 11) is 0. The van der Waals surface area contributed by atoms with Gasteiger partial charge in [-0.05, 0) is 48.9 Å². The maximum absolute atomic E-state index is 5.96. The normalized spacial score (nSPS) is 10.8. The minimum atomic E-state index is 0.706. The molecule has 0 atom stereocenters. The number of benzene rings is 2. The maximum Gasteiger partial charge on any atom is 0.0391 e. The minimum absolute atomic E-state index is 0.706. The SMILES string of the molecule is Cc1c(N)ccc(N)c1C=CCNc1ccc(N)cc1. The Labute approximate surface area is 119 Å². The Morgan fingerprint density at radius 1 is 0.950 bits per heavy atom. The number of rotatable bonds is 4. The van der Waals surface area contributed by atoms with Gasteiger partial charge in [0.05, 0.1) is 0 Å². The van der Waals surface area contributed by atoms with E-state index in [1.54, 1.807) is 0 Å². The predicted molar refractivity (Wildman–Crippen MR) is 88.4 cm³/mol. The molecule has 0 radical (unpaired) electrons. The molecular formula is C16H20N4. The van der Waals surface area contributed by atoms with Crippen molar-refractivity contribution in [3.63, 3.8) is 0 Å². The molecule has 0 aromatic heterocycles. The minimum Gasteiger partial charge on any atom is -0.399 e. The maximum atomic E-state index is 5.96. The van der Waals surface area contributed by atoms with Gasteiger partial charge in [0.2, 0.25) is 0 Å². The molecule has 2 aromatic carbocycles. The first-order chi connectivity index (χ1) is 9.58. The lowest BCUT2D eigenvalue weighted by Gasteiger charge is -2.08. The Kier molecular flexibility index (Phi) is 4.15. The largest absolute Gasteiger partial charge is 0.399 e. The molecular weight excluding hydrogens is 248 g/mol. The molecule has 20 heavy (non-hydrogen) atoms. The van der Waals surface area contributed by atoms with Gasteiger partial charge in [-0.2, -0.15) is 0 Å². The van der Waals surface area contributed by atoms with E-state index in [0.29, 0.717) is 6.54 Å². The molecule has 0 saturated carbocycles. The first-order valence-electron chi connectivity index (χ1n) is 6.48. The fraction of sp³-hybridized carbons (Fsp3) is 0.125. The lowest BCUT2D eigenvalue weighted by atomic mass is 10.0. The van der Waals surface area contributed by atoms with Gasteiger partial charge in [0.25, 0.3) is 0 Å². The molecule has 0 heterocycles. The molecule has 104 valence electrons. The van der Waals surface area contributed by atoms with E-state index in [1.807, 2.05) is 55.5 Å². The van der Waals surface area contributed by atoms with Crippen molar-refractivity contribution in [3.05, 3.63) is 53.6 Å². The number of hydrogen-bond donors (Lipinski definition) is 4. The third kappa shape index (κ3) is 3.23. The van der Waals surface area contributed by atoms with Crippen molar-refractivity contribution in [2.24, 2.45) is 0 Å². The van der Waals surface area contributed by atoms with Crippen LogP contribution in [0.3, 0.4) is 0 Å². The summed E-state index contributed by atoms with van der Waals surface area (Å²) in [6, 6.07) is 11.3. The quantitative estimate of drug-likeness (QED) is 0.642. The number of nitrogen functional groups attached to an aromatic ring is 3. The molecule has 0 fully saturated rings. The third-order valence-electron chi connectivity index (χ3n) is 3.21. The van der Waals surface area contributed by atoms with Crippen LogP contribution in [-0.2, 0) is 0 Å². The third-order valence-corrected chi connectivity index (χ3v) is 3.21. The summed E-state index contributed by atoms with van der Waals surface area (Å²) >= 11 is 0. The van der Waals surface area contributed by atoms with Gasteiger partial charge >= 0.3 is 0 Å². The van der Waals surface area contributed by atoms with E-state index in [4.69, 9.17) is 17.2 Å². The second-order valence-electron chi connectivity index (χ2n) is 4.69. The van der Waals surface area contributed by atoms with Gasteiger partial charge in [0, 0.05) is 34.9 Å². The summed E-state index contributed by atoms with van der Waals surface area (Å²) in [5.41, 5.74) is 22.7. The van der Waals surface area contributed by atoms with Crippen LogP contribution in [0.4, 0.5) is 22.7 Å². The molecule has 0 spiro atoms. The molecule has 4 nitrogen and oxygen atoms in total. The molecule has 0 unspecified atom stereocenters. The highest BCUT2D eigenvalue weighted by molar-refractivity contribution is 5.73. The Morgan fingerprint density at radius 2 is 1.60 bits per heavy atom. The van der Waals surface area contributed by atoms with Crippen LogP contribution < -0.4 is 22.5 Å². The standard InChI is InChI=1S/C16H20N4/c1-11-14(16(19)9-8-15(11)18)3-2-10-20-13-6-4-12(17)5-7-13/h2-9,20H,10,17-19H2,1H3. The zero-order valence-electron chi connectivity index (χ0n) is 11.6. The van der Waals surface area contributed by atoms with Crippen molar-refractivity contribution in [1.29, 1.82) is 0 Å². The molecule has 4 heteroatoms. The van der Waals surface area contributed by atoms with Crippen LogP contribution in [0.5, 0.6) is 0 Å². The van der Waals surface area contributed by atoms with Gasteiger partial charge in [-0.1, -0.05) is 12.2 Å². The summed E-state index contributed by atoms with van der Waals surface area (Å²) in [6.07, 6.45) is 4.01. The average Bonchev–Trinajstić information content (AvgIpc) is 2.44. The number of nitrogens with two attached hydrogens (primary N) is 3. The van der Waals surface area contributed by atoms with Crippen molar-refractivity contribution in [3.8, 4) is 0 Å². The molecule has 7 N–H and O–H groups in total. The van der Waals surface area contributed by atoms with E-state index in [-0.39, 0.29) is 0 Å². The Balaban J connectivity index is 2.00. The van der Waals surface area contributed by atoms with E-state index >= 15 is 0 Å². The molecule has 0 aliphatic heterocycles. The fourth-order valence-corrected chi connectivity index (χ4v) is 1.94. The van der Waals surface area contributed by atoms with Crippen LogP contribution in [0.1, 0.15) is 11.1 Å². The molecule has 0 aliphatic carbocycles. The van der Waals surface area contributed by atoms with Gasteiger partial charge in [0.15, 0.2) is 0 Å². The van der Waals surface area contributed by atoms with Gasteiger partial charge in [0.1, 0.15) is 0 Å². The smallest absolute Gasteiger partial charge is 0.0391 e. The van der Waals surface area contributed by atoms with Crippen LogP contribution in [-0.4, -0.2) is 6.54 Å². The lowest BCUT2D eigenvalue weighted by Crippen LogP contribution is -2.00. The van der Waals surface area contributed by atoms with Crippen LogP contribution in [0.25, 0.3) is 6.08 Å². The van der Waals surface area contributed by atoms with Crippen molar-refractivity contribution >= 4 is 28.8 Å². The summed E-state index contributed by atoms with van der Waals surface area (Å²) in [5.74, 6) is 0. The zero-order valence-corrected chi connectivity index (χ0v) is 11.6. The first-order valence-corrected chi connectivity index (χ1v) is 6.48. The average molecular weight is 268 g/mol. The van der Waals surface area contributed by atoms with Crippen LogP contribution in [0, 0.1) is 6.92 Å². The fourth-order valence-electron chi connectivity index (χ4n) is 1.94. The molecule has 0 saturated heterocycles. The van der Waals surface area contributed by atoms with Crippen LogP contribution in [0.15, 0.2) is 42.5 Å². The first kappa shape index (κ1) is 13.8. The monoisotopic (exact) mass is 268 g/mol.